The van der Waals surface area contributed by atoms with E-state index in [1.807, 2.05) is 31.2 Å². The van der Waals surface area contributed by atoms with Crippen molar-refractivity contribution in [3.63, 3.8) is 0 Å². The third kappa shape index (κ3) is 7.31. The largest absolute Gasteiger partial charge is 0.491 e. The summed E-state index contributed by atoms with van der Waals surface area (Å²) in [6.45, 7) is 2.58. The molecule has 6 nitrogen and oxygen atoms in total. The summed E-state index contributed by atoms with van der Waals surface area (Å²) in [5.41, 5.74) is 1.68. The number of benzene rings is 2. The van der Waals surface area contributed by atoms with Gasteiger partial charge in [0.15, 0.2) is 0 Å². The van der Waals surface area contributed by atoms with Crippen LogP contribution in [-0.4, -0.2) is 52.1 Å². The second-order valence-corrected chi connectivity index (χ2v) is 9.28. The Hall–Kier alpha value is -1.80. The summed E-state index contributed by atoms with van der Waals surface area (Å²) < 4.78 is 29.8. The lowest BCUT2D eigenvalue weighted by Gasteiger charge is -2.19. The second-order valence-electron chi connectivity index (χ2n) is 6.83. The fourth-order valence-electron chi connectivity index (χ4n) is 2.62. The Morgan fingerprint density at radius 1 is 1.21 bits per heavy atom. The highest BCUT2D eigenvalue weighted by atomic mass is 35.5. The summed E-state index contributed by atoms with van der Waals surface area (Å²) in [4.78, 5) is 0. The molecular formula is C20H27ClN2O4S. The van der Waals surface area contributed by atoms with Crippen LogP contribution < -0.4 is 14.4 Å². The number of nitrogens with one attached hydrogen (secondary N) is 1. The van der Waals surface area contributed by atoms with E-state index >= 15 is 0 Å². The number of nitrogens with zero attached hydrogens (tertiary/aromatic N) is 1. The molecule has 2 N–H and O–H groups in total. The minimum atomic E-state index is -3.30. The van der Waals surface area contributed by atoms with Gasteiger partial charge in [-0.1, -0.05) is 23.7 Å². The topological polar surface area (TPSA) is 78.9 Å². The number of hydrogen-bond donors (Lipinski definition) is 2. The maximum Gasteiger partial charge on any atom is 0.231 e. The Balaban J connectivity index is 1.75. The van der Waals surface area contributed by atoms with Crippen molar-refractivity contribution in [2.75, 3.05) is 30.8 Å². The van der Waals surface area contributed by atoms with Gasteiger partial charge in [0.05, 0.1) is 11.9 Å². The van der Waals surface area contributed by atoms with E-state index in [0.29, 0.717) is 23.0 Å². The number of ether oxygens (including phenoxy) is 1. The van der Waals surface area contributed by atoms with E-state index < -0.39 is 16.1 Å². The molecule has 0 aromatic heterocycles. The van der Waals surface area contributed by atoms with Crippen LogP contribution in [0.4, 0.5) is 5.69 Å². The predicted molar refractivity (Wildman–Crippen MR) is 114 cm³/mol. The molecule has 154 valence electrons. The SMILES string of the molecule is C[C@H](Cc1cccc(Cl)c1)NC[C@@H](O)COc1ccc(N(C)S(C)(=O)=O)cc1. The number of aliphatic hydroxyl groups is 1. The van der Waals surface area contributed by atoms with Crippen LogP contribution in [0.5, 0.6) is 5.75 Å². The standard InChI is InChI=1S/C20H27ClN2O4S/c1-15(11-16-5-4-6-17(21)12-16)22-13-19(24)14-27-20-9-7-18(8-10-20)23(2)28(3,25)26/h4-10,12,15,19,22,24H,11,13-14H2,1-3H3/t15-,19-/m1/s1. The van der Waals surface area contributed by atoms with Gasteiger partial charge in [-0.3, -0.25) is 4.31 Å². The van der Waals surface area contributed by atoms with Gasteiger partial charge >= 0.3 is 0 Å². The first-order valence-corrected chi connectivity index (χ1v) is 11.2. The summed E-state index contributed by atoms with van der Waals surface area (Å²) in [7, 11) is -1.81. The molecule has 0 radical (unpaired) electrons. The van der Waals surface area contributed by atoms with Crippen LogP contribution >= 0.6 is 11.6 Å². The molecule has 2 atom stereocenters. The van der Waals surface area contributed by atoms with Crippen LogP contribution in [0.2, 0.25) is 5.02 Å². The second kappa shape index (κ2) is 10.1. The van der Waals surface area contributed by atoms with Crippen LogP contribution in [0.15, 0.2) is 48.5 Å². The third-order valence-corrected chi connectivity index (χ3v) is 5.71. The van der Waals surface area contributed by atoms with Gasteiger partial charge in [-0.2, -0.15) is 0 Å². The number of hydrogen-bond acceptors (Lipinski definition) is 5. The molecule has 0 aliphatic carbocycles. The van der Waals surface area contributed by atoms with E-state index in [2.05, 4.69) is 5.32 Å². The summed E-state index contributed by atoms with van der Waals surface area (Å²) in [5, 5.41) is 14.1. The molecule has 2 aromatic carbocycles. The van der Waals surface area contributed by atoms with Crippen molar-refractivity contribution < 1.29 is 18.3 Å². The zero-order valence-electron chi connectivity index (χ0n) is 16.3. The van der Waals surface area contributed by atoms with E-state index in [1.54, 1.807) is 24.3 Å². The summed E-state index contributed by atoms with van der Waals surface area (Å²) in [5.74, 6) is 0.566. The van der Waals surface area contributed by atoms with Crippen molar-refractivity contribution >= 4 is 27.3 Å². The van der Waals surface area contributed by atoms with Crippen LogP contribution in [0, 0.1) is 0 Å². The minimum absolute atomic E-state index is 0.137. The molecular weight excluding hydrogens is 400 g/mol. The average molecular weight is 427 g/mol. The first-order chi connectivity index (χ1) is 13.1. The van der Waals surface area contributed by atoms with Gasteiger partial charge in [0.25, 0.3) is 0 Å². The molecule has 8 heteroatoms. The van der Waals surface area contributed by atoms with Crippen molar-refractivity contribution in [3.8, 4) is 5.75 Å². The molecule has 0 bridgehead atoms. The molecule has 2 aromatic rings. The fourth-order valence-corrected chi connectivity index (χ4v) is 3.34. The summed E-state index contributed by atoms with van der Waals surface area (Å²) in [6.07, 6.45) is 1.29. The van der Waals surface area contributed by atoms with E-state index in [9.17, 15) is 13.5 Å². The number of halogens is 1. The van der Waals surface area contributed by atoms with Gasteiger partial charge in [-0.15, -0.1) is 0 Å². The predicted octanol–water partition coefficient (Wildman–Crippen LogP) is 2.70. The lowest BCUT2D eigenvalue weighted by Crippen LogP contribution is -2.37. The molecule has 0 saturated heterocycles. The molecule has 0 fully saturated rings. The first-order valence-electron chi connectivity index (χ1n) is 8.98. The van der Waals surface area contributed by atoms with Gasteiger partial charge in [0.1, 0.15) is 18.5 Å². The van der Waals surface area contributed by atoms with E-state index in [-0.39, 0.29) is 12.6 Å². The van der Waals surface area contributed by atoms with Gasteiger partial charge in [-0.25, -0.2) is 8.42 Å². The Labute approximate surface area is 172 Å². The summed E-state index contributed by atoms with van der Waals surface area (Å²) in [6, 6.07) is 14.6. The van der Waals surface area contributed by atoms with Gasteiger partial charge in [0, 0.05) is 24.7 Å². The van der Waals surface area contributed by atoms with Crippen molar-refractivity contribution in [1.29, 1.82) is 0 Å². The maximum absolute atomic E-state index is 11.5. The highest BCUT2D eigenvalue weighted by Crippen LogP contribution is 2.20. The van der Waals surface area contributed by atoms with Crippen molar-refractivity contribution in [2.45, 2.75) is 25.5 Å². The smallest absolute Gasteiger partial charge is 0.231 e. The lowest BCUT2D eigenvalue weighted by molar-refractivity contribution is 0.104. The van der Waals surface area contributed by atoms with Gasteiger partial charge < -0.3 is 15.2 Å². The highest BCUT2D eigenvalue weighted by molar-refractivity contribution is 7.92. The average Bonchev–Trinajstić information content (AvgIpc) is 2.64. The normalized spacial score (nSPS) is 13.8. The lowest BCUT2D eigenvalue weighted by atomic mass is 10.1. The van der Waals surface area contributed by atoms with Crippen molar-refractivity contribution in [2.24, 2.45) is 0 Å². The van der Waals surface area contributed by atoms with E-state index in [1.165, 1.54) is 11.4 Å². The minimum Gasteiger partial charge on any atom is -0.491 e. The zero-order valence-corrected chi connectivity index (χ0v) is 17.9. The van der Waals surface area contributed by atoms with Crippen LogP contribution in [0.25, 0.3) is 0 Å². The van der Waals surface area contributed by atoms with Crippen LogP contribution in [0.3, 0.4) is 0 Å². The molecule has 2 rings (SSSR count). The molecule has 0 aliphatic rings. The van der Waals surface area contributed by atoms with Crippen molar-refractivity contribution in [1.82, 2.24) is 5.32 Å². The molecule has 0 spiro atoms. The zero-order chi connectivity index (χ0) is 20.7. The Bertz CT molecular complexity index is 859. The molecule has 0 saturated carbocycles. The first kappa shape index (κ1) is 22.5. The molecule has 0 amide bonds. The van der Waals surface area contributed by atoms with Crippen LogP contribution in [-0.2, 0) is 16.4 Å². The number of rotatable bonds is 10. The van der Waals surface area contributed by atoms with Gasteiger partial charge in [-0.05, 0) is 55.3 Å². The quantitative estimate of drug-likeness (QED) is 0.610. The molecule has 0 heterocycles. The number of sulfonamides is 1. The monoisotopic (exact) mass is 426 g/mol. The Kier molecular flexibility index (Phi) is 8.12. The Morgan fingerprint density at radius 3 is 2.50 bits per heavy atom. The number of anilines is 1. The summed E-state index contributed by atoms with van der Waals surface area (Å²) >= 11 is 6.00. The molecule has 0 unspecified atom stereocenters. The van der Waals surface area contributed by atoms with Crippen LogP contribution in [0.1, 0.15) is 12.5 Å². The van der Waals surface area contributed by atoms with Gasteiger partial charge in [0.2, 0.25) is 10.0 Å². The fraction of sp³-hybridized carbons (Fsp3) is 0.400. The molecule has 0 aliphatic heterocycles. The molecule has 28 heavy (non-hydrogen) atoms. The van der Waals surface area contributed by atoms with Crippen molar-refractivity contribution in [3.05, 3.63) is 59.1 Å². The maximum atomic E-state index is 11.5. The van der Waals surface area contributed by atoms with E-state index in [0.717, 1.165) is 18.2 Å². The highest BCUT2D eigenvalue weighted by Gasteiger charge is 2.12. The third-order valence-electron chi connectivity index (χ3n) is 4.27. The Morgan fingerprint density at radius 2 is 1.89 bits per heavy atom. The number of aliphatic hydroxyl groups excluding tert-OH is 1. The van der Waals surface area contributed by atoms with E-state index in [4.69, 9.17) is 16.3 Å².